The molecule has 0 aliphatic carbocycles. The molecule has 1 fully saturated rings. The summed E-state index contributed by atoms with van der Waals surface area (Å²) in [6.45, 7) is 3.72. The minimum Gasteiger partial charge on any atom is -0.306 e. The van der Waals surface area contributed by atoms with Crippen LogP contribution >= 0.6 is 12.9 Å². The van der Waals surface area contributed by atoms with Gasteiger partial charge >= 0.3 is 18.2 Å². The molecule has 0 spiro atoms. The van der Waals surface area contributed by atoms with Crippen LogP contribution in [0.2, 0.25) is 4.05 Å². The van der Waals surface area contributed by atoms with E-state index in [0.717, 1.165) is 10.6 Å². The Morgan fingerprint density at radius 3 is 2.47 bits per heavy atom. The molecule has 1 aliphatic heterocycles. The third kappa shape index (κ3) is 3.73. The molecule has 0 radical (unpaired) electrons. The Balaban J connectivity index is 1.82. The van der Waals surface area contributed by atoms with E-state index in [4.69, 9.17) is 0 Å². The summed E-state index contributed by atoms with van der Waals surface area (Å²) in [5.74, 6) is 0. The zero-order valence-electron chi connectivity index (χ0n) is 9.03. The second kappa shape index (κ2) is 6.23. The van der Waals surface area contributed by atoms with Crippen molar-refractivity contribution in [3.05, 3.63) is 35.9 Å². The second-order valence-electron chi connectivity index (χ2n) is 4.36. The first-order chi connectivity index (χ1) is 7.38. The van der Waals surface area contributed by atoms with E-state index in [0.29, 0.717) is 0 Å². The normalized spacial score (nSPS) is 18.7. The van der Waals surface area contributed by atoms with Gasteiger partial charge in [-0.3, -0.25) is 4.90 Å². The minimum absolute atomic E-state index is 0.0609. The van der Waals surface area contributed by atoms with Gasteiger partial charge in [0.15, 0.2) is 0 Å². The number of hydrogen-bond acceptors (Lipinski definition) is 1. The predicted molar refractivity (Wildman–Crippen MR) is 69.4 cm³/mol. The van der Waals surface area contributed by atoms with Crippen molar-refractivity contribution in [1.29, 1.82) is 0 Å². The van der Waals surface area contributed by atoms with E-state index in [1.165, 1.54) is 31.5 Å². The lowest BCUT2D eigenvalue weighted by molar-refractivity contribution is 0.221. The molecule has 0 amide bonds. The summed E-state index contributed by atoms with van der Waals surface area (Å²) in [6.07, 6.45) is 2.81. The zero-order chi connectivity index (χ0) is 10.5. The summed E-state index contributed by atoms with van der Waals surface area (Å²) in [4.78, 5) is 2.59. The summed E-state index contributed by atoms with van der Waals surface area (Å²) >= 11 is 3.78. The van der Waals surface area contributed by atoms with Crippen LogP contribution in [0.25, 0.3) is 0 Å². The molecule has 1 nitrogen and oxygen atoms in total. The predicted octanol–water partition coefficient (Wildman–Crippen LogP) is 3.09. The fourth-order valence-corrected chi connectivity index (χ4v) is 4.76. The number of piperidine rings is 1. The number of halogens is 1. The number of hydrogen-bond donors (Lipinski definition) is 0. The molecule has 78 valence electrons. The average Bonchev–Trinajstić information content (AvgIpc) is 2.31. The molecule has 3 heteroatoms. The molecule has 15 heavy (non-hydrogen) atoms. The van der Waals surface area contributed by atoms with Crippen LogP contribution in [0.1, 0.15) is 18.4 Å². The molecule has 2 rings (SSSR count). The second-order valence-corrected chi connectivity index (χ2v) is 7.77. The minimum atomic E-state index is 0.0609. The molecule has 0 atom stereocenters. The van der Waals surface area contributed by atoms with Crippen LogP contribution in [-0.4, -0.2) is 36.2 Å². The standard InChI is InChI=1S/C12H16N.BrH.Mg/c1-3-7-12(8-4-1)11-13-9-5-2-6-10-13;;/h1-4,7-8H,5-6,9-11H2;1H;/q;;+1/p-1. The van der Waals surface area contributed by atoms with Crippen LogP contribution in [0.3, 0.4) is 0 Å². The zero-order valence-corrected chi connectivity index (χ0v) is 12.0. The van der Waals surface area contributed by atoms with Gasteiger partial charge in [0, 0.05) is 6.54 Å². The molecule has 1 aliphatic rings. The van der Waals surface area contributed by atoms with E-state index in [-0.39, 0.29) is 18.2 Å². The third-order valence-electron chi connectivity index (χ3n) is 3.17. The number of likely N-dealkylation sites (tertiary alicyclic amines) is 1. The molecular formula is C12H16BrMgN. The Morgan fingerprint density at radius 1 is 1.20 bits per heavy atom. The van der Waals surface area contributed by atoms with E-state index >= 15 is 0 Å². The van der Waals surface area contributed by atoms with Crippen molar-refractivity contribution in [2.75, 3.05) is 13.1 Å². The third-order valence-corrected chi connectivity index (χ3v) is 7.17. The highest BCUT2D eigenvalue weighted by Gasteiger charge is 2.19. The SMILES string of the molecule is [Br][Mg][CH]1CCN(Cc2ccccc2)CC1. The highest BCUT2D eigenvalue weighted by atomic mass is 79.9. The molecule has 0 N–H and O–H groups in total. The first kappa shape index (κ1) is 11.9. The van der Waals surface area contributed by atoms with Gasteiger partial charge in [-0.05, 0) is 18.7 Å². The smallest absolute Gasteiger partial charge is 0.306 e. The lowest BCUT2D eigenvalue weighted by atomic mass is 10.1. The highest BCUT2D eigenvalue weighted by Crippen LogP contribution is 2.23. The summed E-state index contributed by atoms with van der Waals surface area (Å²) in [6, 6.07) is 10.8. The molecule has 1 heterocycles. The summed E-state index contributed by atoms with van der Waals surface area (Å²) in [5.41, 5.74) is 1.45. The van der Waals surface area contributed by atoms with Crippen molar-refractivity contribution < 1.29 is 0 Å². The van der Waals surface area contributed by atoms with Crippen LogP contribution in [-0.2, 0) is 6.54 Å². The van der Waals surface area contributed by atoms with Gasteiger partial charge in [0.25, 0.3) is 0 Å². The van der Waals surface area contributed by atoms with Crippen LogP contribution < -0.4 is 0 Å². The topological polar surface area (TPSA) is 3.24 Å². The van der Waals surface area contributed by atoms with Gasteiger partial charge in [-0.25, -0.2) is 0 Å². The first-order valence-corrected chi connectivity index (χ1v) is 10.4. The van der Waals surface area contributed by atoms with Crippen molar-refractivity contribution >= 4 is 31.1 Å². The number of benzene rings is 1. The lowest BCUT2D eigenvalue weighted by Gasteiger charge is -2.31. The summed E-state index contributed by atoms with van der Waals surface area (Å²) in [5, 5.41) is 0. The Kier molecular flexibility index (Phi) is 4.94. The number of nitrogens with zero attached hydrogens (tertiary/aromatic N) is 1. The average molecular weight is 278 g/mol. The summed E-state index contributed by atoms with van der Waals surface area (Å²) in [7, 11) is 0. The maximum Gasteiger partial charge on any atom is 0.471 e. The monoisotopic (exact) mass is 277 g/mol. The van der Waals surface area contributed by atoms with Gasteiger partial charge in [-0.1, -0.05) is 43.2 Å². The van der Waals surface area contributed by atoms with Gasteiger partial charge in [0.05, 0.1) is 0 Å². The quantitative estimate of drug-likeness (QED) is 0.768. The molecule has 0 aromatic heterocycles. The first-order valence-electron chi connectivity index (χ1n) is 5.70. The van der Waals surface area contributed by atoms with Gasteiger partial charge in [-0.15, -0.1) is 4.05 Å². The highest BCUT2D eigenvalue weighted by molar-refractivity contribution is 9.23. The van der Waals surface area contributed by atoms with Gasteiger partial charge in [-0.2, -0.15) is 0 Å². The van der Waals surface area contributed by atoms with Crippen molar-refractivity contribution in [3.8, 4) is 0 Å². The van der Waals surface area contributed by atoms with Crippen LogP contribution in [0, 0.1) is 0 Å². The Bertz CT molecular complexity index is 283. The van der Waals surface area contributed by atoms with E-state index in [2.05, 4.69) is 48.1 Å². The van der Waals surface area contributed by atoms with Gasteiger partial charge < -0.3 is 12.9 Å². The lowest BCUT2D eigenvalue weighted by Crippen LogP contribution is -2.32. The molecule has 0 bridgehead atoms. The van der Waals surface area contributed by atoms with Gasteiger partial charge in [0.2, 0.25) is 0 Å². The van der Waals surface area contributed by atoms with E-state index in [1.807, 2.05) is 0 Å². The fraction of sp³-hybridized carbons (Fsp3) is 0.500. The fourth-order valence-electron chi connectivity index (χ4n) is 2.14. The maximum absolute atomic E-state index is 3.72. The maximum atomic E-state index is 3.72. The summed E-state index contributed by atoms with van der Waals surface area (Å²) < 4.78 is 1.04. The largest absolute Gasteiger partial charge is 0.471 e. The molecule has 1 aromatic carbocycles. The molecular weight excluding hydrogens is 262 g/mol. The molecule has 1 saturated heterocycles. The van der Waals surface area contributed by atoms with E-state index < -0.39 is 0 Å². The van der Waals surface area contributed by atoms with Crippen LogP contribution in [0.4, 0.5) is 0 Å². The molecule has 1 aromatic rings. The molecule has 0 unspecified atom stereocenters. The Morgan fingerprint density at radius 2 is 1.87 bits per heavy atom. The van der Waals surface area contributed by atoms with E-state index in [9.17, 15) is 0 Å². The van der Waals surface area contributed by atoms with Crippen LogP contribution in [0.5, 0.6) is 0 Å². The van der Waals surface area contributed by atoms with Crippen molar-refractivity contribution in [1.82, 2.24) is 4.90 Å². The van der Waals surface area contributed by atoms with Crippen LogP contribution in [0.15, 0.2) is 30.3 Å². The van der Waals surface area contributed by atoms with Crippen molar-refractivity contribution in [2.24, 2.45) is 0 Å². The number of rotatable bonds is 3. The Hall–Kier alpha value is 0.426. The van der Waals surface area contributed by atoms with Gasteiger partial charge in [0.1, 0.15) is 0 Å². The molecule has 0 saturated carbocycles. The Labute approximate surface area is 108 Å². The van der Waals surface area contributed by atoms with E-state index in [1.54, 1.807) is 0 Å². The van der Waals surface area contributed by atoms with Crippen molar-refractivity contribution in [3.63, 3.8) is 0 Å². The van der Waals surface area contributed by atoms with Crippen molar-refractivity contribution in [2.45, 2.75) is 23.4 Å².